The van der Waals surface area contributed by atoms with Crippen molar-refractivity contribution in [3.8, 4) is 6.19 Å². The SMILES string of the molecule is N#CNC(=NCCCCCCCCCC(=O)O)Nc1ccncc1. The number of hydrogen-bond donors (Lipinski definition) is 3. The maximum absolute atomic E-state index is 10.4. The summed E-state index contributed by atoms with van der Waals surface area (Å²) >= 11 is 0. The summed E-state index contributed by atoms with van der Waals surface area (Å²) in [7, 11) is 0. The number of unbranched alkanes of at least 4 members (excludes halogenated alkanes) is 6. The maximum atomic E-state index is 10.4. The lowest BCUT2D eigenvalue weighted by Crippen LogP contribution is -2.27. The number of aromatic nitrogens is 1. The summed E-state index contributed by atoms with van der Waals surface area (Å²) in [6.07, 6.45) is 12.6. The van der Waals surface area contributed by atoms with Gasteiger partial charge in [-0.2, -0.15) is 5.26 Å². The van der Waals surface area contributed by atoms with Gasteiger partial charge in [-0.1, -0.05) is 32.1 Å². The van der Waals surface area contributed by atoms with E-state index in [0.717, 1.165) is 50.6 Å². The van der Waals surface area contributed by atoms with Crippen LogP contribution in [0.25, 0.3) is 0 Å². The van der Waals surface area contributed by atoms with E-state index in [9.17, 15) is 4.79 Å². The molecule has 0 radical (unpaired) electrons. The zero-order chi connectivity index (χ0) is 17.5. The number of carbonyl (C=O) groups is 1. The van der Waals surface area contributed by atoms with Gasteiger partial charge in [-0.15, -0.1) is 0 Å². The summed E-state index contributed by atoms with van der Waals surface area (Å²) in [6.45, 7) is 0.654. The fourth-order valence-electron chi connectivity index (χ4n) is 2.20. The topological polar surface area (TPSA) is 110 Å². The van der Waals surface area contributed by atoms with Crippen molar-refractivity contribution in [3.63, 3.8) is 0 Å². The van der Waals surface area contributed by atoms with Gasteiger partial charge < -0.3 is 10.4 Å². The number of nitriles is 1. The van der Waals surface area contributed by atoms with E-state index in [2.05, 4.69) is 20.6 Å². The van der Waals surface area contributed by atoms with E-state index < -0.39 is 5.97 Å². The second kappa shape index (κ2) is 12.9. The fourth-order valence-corrected chi connectivity index (χ4v) is 2.20. The van der Waals surface area contributed by atoms with Crippen LogP contribution < -0.4 is 10.6 Å². The number of nitrogens with one attached hydrogen (secondary N) is 2. The molecule has 0 saturated carbocycles. The molecule has 1 aromatic heterocycles. The Morgan fingerprint density at radius 2 is 1.75 bits per heavy atom. The van der Waals surface area contributed by atoms with Crippen LogP contribution in [0.4, 0.5) is 5.69 Å². The molecule has 0 bridgehead atoms. The molecule has 0 aliphatic heterocycles. The van der Waals surface area contributed by atoms with Crippen molar-refractivity contribution >= 4 is 17.6 Å². The van der Waals surface area contributed by atoms with Crippen LogP contribution in [-0.2, 0) is 4.79 Å². The number of pyridine rings is 1. The molecule has 1 rings (SSSR count). The van der Waals surface area contributed by atoms with E-state index in [1.807, 2.05) is 6.19 Å². The van der Waals surface area contributed by atoms with Crippen LogP contribution >= 0.6 is 0 Å². The second-order valence-corrected chi connectivity index (χ2v) is 5.45. The third-order valence-electron chi connectivity index (χ3n) is 3.44. The highest BCUT2D eigenvalue weighted by Crippen LogP contribution is 2.09. The van der Waals surface area contributed by atoms with Gasteiger partial charge in [0.25, 0.3) is 0 Å². The first-order chi connectivity index (χ1) is 11.7. The van der Waals surface area contributed by atoms with Crippen molar-refractivity contribution in [1.82, 2.24) is 10.3 Å². The predicted octanol–water partition coefficient (Wildman–Crippen LogP) is 3.13. The molecule has 24 heavy (non-hydrogen) atoms. The van der Waals surface area contributed by atoms with Crippen LogP contribution in [-0.4, -0.2) is 28.6 Å². The number of guanidine groups is 1. The predicted molar refractivity (Wildman–Crippen MR) is 93.5 cm³/mol. The average molecular weight is 331 g/mol. The molecule has 7 heteroatoms. The molecule has 0 atom stereocenters. The minimum absolute atomic E-state index is 0.272. The van der Waals surface area contributed by atoms with Gasteiger partial charge >= 0.3 is 5.97 Å². The Bertz CT molecular complexity index is 540. The Balaban J connectivity index is 2.12. The molecular formula is C17H25N5O2. The normalized spacial score (nSPS) is 10.9. The second-order valence-electron chi connectivity index (χ2n) is 5.45. The highest BCUT2D eigenvalue weighted by molar-refractivity contribution is 5.94. The van der Waals surface area contributed by atoms with Crippen LogP contribution in [0.1, 0.15) is 51.4 Å². The number of hydrogen-bond acceptors (Lipinski definition) is 4. The number of anilines is 1. The standard InChI is InChI=1S/C17H25N5O2/c18-14-21-17(22-15-9-12-19-13-10-15)20-11-7-5-3-1-2-4-6-8-16(23)24/h9-10,12-13H,1-8,11H2,(H,23,24)(H2,19,20,21,22). The van der Waals surface area contributed by atoms with Crippen molar-refractivity contribution in [2.75, 3.05) is 11.9 Å². The molecule has 130 valence electrons. The summed E-state index contributed by atoms with van der Waals surface area (Å²) in [5.74, 6) is -0.271. The Kier molecular flexibility index (Phi) is 10.4. The van der Waals surface area contributed by atoms with Crippen molar-refractivity contribution in [2.24, 2.45) is 4.99 Å². The molecule has 0 spiro atoms. The minimum Gasteiger partial charge on any atom is -0.481 e. The van der Waals surface area contributed by atoms with Gasteiger partial charge in [0.2, 0.25) is 5.96 Å². The van der Waals surface area contributed by atoms with Gasteiger partial charge in [0.1, 0.15) is 0 Å². The molecule has 0 aliphatic rings. The summed E-state index contributed by atoms with van der Waals surface area (Å²) in [5.41, 5.74) is 0.827. The molecule has 0 fully saturated rings. The number of aliphatic carboxylic acids is 1. The zero-order valence-corrected chi connectivity index (χ0v) is 13.9. The van der Waals surface area contributed by atoms with Gasteiger partial charge in [-0.25, -0.2) is 0 Å². The quantitative estimate of drug-likeness (QED) is 0.189. The Hall–Kier alpha value is -2.62. The van der Waals surface area contributed by atoms with Crippen LogP contribution in [0.15, 0.2) is 29.5 Å². The lowest BCUT2D eigenvalue weighted by molar-refractivity contribution is -0.137. The van der Waals surface area contributed by atoms with Crippen molar-refractivity contribution in [2.45, 2.75) is 51.4 Å². The number of rotatable bonds is 11. The van der Waals surface area contributed by atoms with Gasteiger partial charge in [0.05, 0.1) is 0 Å². The van der Waals surface area contributed by atoms with E-state index >= 15 is 0 Å². The highest BCUT2D eigenvalue weighted by atomic mass is 16.4. The first-order valence-corrected chi connectivity index (χ1v) is 8.31. The summed E-state index contributed by atoms with van der Waals surface area (Å²) in [6, 6.07) is 3.61. The molecule has 3 N–H and O–H groups in total. The van der Waals surface area contributed by atoms with Crippen molar-refractivity contribution in [3.05, 3.63) is 24.5 Å². The summed E-state index contributed by atoms with van der Waals surface area (Å²) in [5, 5.41) is 22.9. The first kappa shape index (κ1) is 19.4. The van der Waals surface area contributed by atoms with Crippen LogP contribution in [0.3, 0.4) is 0 Å². The monoisotopic (exact) mass is 331 g/mol. The molecule has 0 amide bonds. The third kappa shape index (κ3) is 10.2. The molecule has 0 saturated heterocycles. The van der Waals surface area contributed by atoms with Crippen LogP contribution in [0, 0.1) is 11.5 Å². The Morgan fingerprint density at radius 3 is 2.38 bits per heavy atom. The van der Waals surface area contributed by atoms with Crippen molar-refractivity contribution in [1.29, 1.82) is 5.26 Å². The third-order valence-corrected chi connectivity index (χ3v) is 3.44. The average Bonchev–Trinajstić information content (AvgIpc) is 2.57. The van der Waals surface area contributed by atoms with E-state index in [4.69, 9.17) is 10.4 Å². The van der Waals surface area contributed by atoms with Crippen LogP contribution in [0.5, 0.6) is 0 Å². The lowest BCUT2D eigenvalue weighted by Gasteiger charge is -2.07. The summed E-state index contributed by atoms with van der Waals surface area (Å²) in [4.78, 5) is 18.7. The Labute approximate surface area is 142 Å². The smallest absolute Gasteiger partial charge is 0.303 e. The minimum atomic E-state index is -0.713. The Morgan fingerprint density at radius 1 is 1.12 bits per heavy atom. The molecule has 1 aromatic rings. The van der Waals surface area contributed by atoms with Crippen molar-refractivity contribution < 1.29 is 9.90 Å². The molecular weight excluding hydrogens is 306 g/mol. The van der Waals surface area contributed by atoms with Gasteiger partial charge in [-0.3, -0.25) is 20.1 Å². The van der Waals surface area contributed by atoms with Gasteiger partial charge in [0, 0.05) is 31.0 Å². The van der Waals surface area contributed by atoms with E-state index in [1.165, 1.54) is 0 Å². The summed E-state index contributed by atoms with van der Waals surface area (Å²) < 4.78 is 0. The molecule has 0 unspecified atom stereocenters. The first-order valence-electron chi connectivity index (χ1n) is 8.31. The zero-order valence-electron chi connectivity index (χ0n) is 13.9. The lowest BCUT2D eigenvalue weighted by atomic mass is 10.1. The highest BCUT2D eigenvalue weighted by Gasteiger charge is 1.99. The van der Waals surface area contributed by atoms with Gasteiger partial charge in [0.15, 0.2) is 6.19 Å². The number of aliphatic imine (C=N–C) groups is 1. The largest absolute Gasteiger partial charge is 0.481 e. The van der Waals surface area contributed by atoms with E-state index in [-0.39, 0.29) is 6.42 Å². The fraction of sp³-hybridized carbons (Fsp3) is 0.529. The molecule has 0 aromatic carbocycles. The number of carboxylic acid groups (broad SMARTS) is 1. The number of nitrogens with zero attached hydrogens (tertiary/aromatic N) is 3. The van der Waals surface area contributed by atoms with Crippen LogP contribution in [0.2, 0.25) is 0 Å². The maximum Gasteiger partial charge on any atom is 0.303 e. The van der Waals surface area contributed by atoms with E-state index in [1.54, 1.807) is 24.5 Å². The van der Waals surface area contributed by atoms with E-state index in [0.29, 0.717) is 12.5 Å². The molecule has 1 heterocycles. The number of carboxylic acids is 1. The molecule has 7 nitrogen and oxygen atoms in total. The van der Waals surface area contributed by atoms with Gasteiger partial charge in [-0.05, 0) is 25.0 Å². The molecule has 0 aliphatic carbocycles.